The van der Waals surface area contributed by atoms with Crippen molar-refractivity contribution in [3.8, 4) is 11.3 Å². The lowest BCUT2D eigenvalue weighted by molar-refractivity contribution is 0.381. The molecule has 3 N–H and O–H groups in total. The van der Waals surface area contributed by atoms with E-state index in [1.54, 1.807) is 17.0 Å². The Morgan fingerprint density at radius 2 is 2.24 bits per heavy atom. The first-order valence-corrected chi connectivity index (χ1v) is 7.06. The first-order valence-electron chi connectivity index (χ1n) is 7.06. The van der Waals surface area contributed by atoms with Crippen LogP contribution >= 0.6 is 0 Å². The third-order valence-corrected chi connectivity index (χ3v) is 4.55. The van der Waals surface area contributed by atoms with Crippen LogP contribution in [0, 0.1) is 5.92 Å². The number of anilines is 2. The molecule has 0 unspecified atom stereocenters. The summed E-state index contributed by atoms with van der Waals surface area (Å²) in [6, 6.07) is 0.589. The van der Waals surface area contributed by atoms with Gasteiger partial charge < -0.3 is 10.6 Å². The van der Waals surface area contributed by atoms with Crippen LogP contribution < -0.4 is 10.6 Å². The Balaban J connectivity index is 1.79. The molecular weight excluding hydrogens is 268 g/mol. The normalized spacial score (nSPS) is 23.7. The summed E-state index contributed by atoms with van der Waals surface area (Å²) in [5.74, 6) is 1.07. The maximum Gasteiger partial charge on any atom is 0.240 e. The summed E-state index contributed by atoms with van der Waals surface area (Å²) in [7, 11) is 0. The van der Waals surface area contributed by atoms with Crippen molar-refractivity contribution in [1.82, 2.24) is 29.8 Å². The van der Waals surface area contributed by atoms with Crippen molar-refractivity contribution < 1.29 is 0 Å². The number of H-pyrrole nitrogens is 1. The Labute approximate surface area is 120 Å². The van der Waals surface area contributed by atoms with E-state index in [2.05, 4.69) is 30.2 Å². The predicted molar refractivity (Wildman–Crippen MR) is 76.6 cm³/mol. The summed E-state index contributed by atoms with van der Waals surface area (Å²) in [4.78, 5) is 11.4. The number of nitrogen functional groups attached to an aromatic ring is 1. The zero-order chi connectivity index (χ0) is 14.0. The van der Waals surface area contributed by atoms with E-state index < -0.39 is 0 Å². The third kappa shape index (κ3) is 1.44. The fraction of sp³-hybridized carbons (Fsp3) is 0.385. The molecule has 0 atom stereocenters. The van der Waals surface area contributed by atoms with E-state index in [0.717, 1.165) is 35.1 Å². The molecule has 3 aliphatic rings. The molecule has 0 radical (unpaired) electrons. The quantitative estimate of drug-likeness (QED) is 0.717. The average Bonchev–Trinajstić information content (AvgIpc) is 3.18. The monoisotopic (exact) mass is 282 g/mol. The molecule has 2 bridgehead atoms. The average molecular weight is 282 g/mol. The molecule has 6 rings (SSSR count). The molecule has 1 saturated carbocycles. The van der Waals surface area contributed by atoms with Gasteiger partial charge in [0.05, 0.1) is 6.20 Å². The van der Waals surface area contributed by atoms with Gasteiger partial charge >= 0.3 is 0 Å². The lowest BCUT2D eigenvalue weighted by atomic mass is 9.86. The molecule has 1 aliphatic carbocycles. The molecule has 2 aliphatic heterocycles. The van der Waals surface area contributed by atoms with Crippen molar-refractivity contribution in [2.24, 2.45) is 5.92 Å². The lowest BCUT2D eigenvalue weighted by Gasteiger charge is -2.28. The van der Waals surface area contributed by atoms with Crippen LogP contribution in [0.5, 0.6) is 0 Å². The van der Waals surface area contributed by atoms with Crippen LogP contribution in [0.2, 0.25) is 0 Å². The van der Waals surface area contributed by atoms with E-state index in [-0.39, 0.29) is 5.95 Å². The van der Waals surface area contributed by atoms with Crippen LogP contribution in [0.15, 0.2) is 18.7 Å². The van der Waals surface area contributed by atoms with Gasteiger partial charge in [0.1, 0.15) is 17.7 Å². The van der Waals surface area contributed by atoms with Crippen LogP contribution in [-0.2, 0) is 0 Å². The van der Waals surface area contributed by atoms with Crippen LogP contribution in [0.4, 0.5) is 11.6 Å². The molecule has 5 heterocycles. The van der Waals surface area contributed by atoms with E-state index in [0.29, 0.717) is 6.04 Å². The van der Waals surface area contributed by atoms with Crippen LogP contribution in [0.3, 0.4) is 0 Å². The van der Waals surface area contributed by atoms with Crippen molar-refractivity contribution in [2.45, 2.75) is 18.9 Å². The minimum atomic E-state index is 0.272. The van der Waals surface area contributed by atoms with Gasteiger partial charge in [0.25, 0.3) is 0 Å². The number of rotatable bonds is 2. The molecule has 3 aromatic rings. The number of nitrogens with two attached hydrogens (primary N) is 1. The summed E-state index contributed by atoms with van der Waals surface area (Å²) in [5, 5.41) is 11.1. The first-order chi connectivity index (χ1) is 10.3. The number of fused-ring (bicyclic) bond motifs is 2. The van der Waals surface area contributed by atoms with Gasteiger partial charge in [0.2, 0.25) is 5.95 Å². The van der Waals surface area contributed by atoms with Crippen molar-refractivity contribution in [3.05, 3.63) is 18.7 Å². The number of hydrogen-bond donors (Lipinski definition) is 2. The standard InChI is InChI=1S/C13H14N8/c14-13-18-12-11(20-5-7-1-9(20)2-7)10(8-3-16-17-4-8)15-6-21(12)19-13/h3-4,6-7,9H,1-2,5H2,(H2,14,19)(H,16,17). The predicted octanol–water partition coefficient (Wildman–Crippen LogP) is 0.695. The van der Waals surface area contributed by atoms with Crippen molar-refractivity contribution in [3.63, 3.8) is 0 Å². The van der Waals surface area contributed by atoms with E-state index in [9.17, 15) is 0 Å². The number of aromatic amines is 1. The van der Waals surface area contributed by atoms with Crippen LogP contribution in [0.1, 0.15) is 12.8 Å². The minimum Gasteiger partial charge on any atom is -0.366 e. The molecule has 3 aromatic heterocycles. The topological polar surface area (TPSA) is 101 Å². The molecule has 8 nitrogen and oxygen atoms in total. The van der Waals surface area contributed by atoms with Crippen molar-refractivity contribution in [2.75, 3.05) is 17.2 Å². The fourth-order valence-corrected chi connectivity index (χ4v) is 3.52. The Morgan fingerprint density at radius 3 is 2.95 bits per heavy atom. The minimum absolute atomic E-state index is 0.272. The van der Waals surface area contributed by atoms with Gasteiger partial charge in [-0.3, -0.25) is 5.10 Å². The van der Waals surface area contributed by atoms with E-state index >= 15 is 0 Å². The summed E-state index contributed by atoms with van der Waals surface area (Å²) in [5.41, 5.74) is 9.40. The summed E-state index contributed by atoms with van der Waals surface area (Å²) < 4.78 is 1.66. The summed E-state index contributed by atoms with van der Waals surface area (Å²) in [6.07, 6.45) is 7.81. The van der Waals surface area contributed by atoms with Gasteiger partial charge in [-0.05, 0) is 18.8 Å². The van der Waals surface area contributed by atoms with Crippen molar-refractivity contribution in [1.29, 1.82) is 0 Å². The lowest BCUT2D eigenvalue weighted by Crippen LogP contribution is -2.29. The van der Waals surface area contributed by atoms with Gasteiger partial charge in [-0.15, -0.1) is 5.10 Å². The SMILES string of the molecule is Nc1nc2c(N3CC4CC3C4)c(-c3cn[nH]c3)ncn2n1. The summed E-state index contributed by atoms with van der Waals surface area (Å²) in [6.45, 7) is 1.06. The molecule has 106 valence electrons. The zero-order valence-electron chi connectivity index (χ0n) is 11.3. The van der Waals surface area contributed by atoms with Gasteiger partial charge in [0.15, 0.2) is 5.65 Å². The smallest absolute Gasteiger partial charge is 0.240 e. The Hall–Kier alpha value is -2.64. The highest BCUT2D eigenvalue weighted by molar-refractivity contribution is 5.85. The largest absolute Gasteiger partial charge is 0.366 e. The first kappa shape index (κ1) is 11.1. The molecule has 0 amide bonds. The number of aromatic nitrogens is 6. The number of nitrogens with one attached hydrogen (secondary N) is 1. The second-order valence-corrected chi connectivity index (χ2v) is 5.81. The highest BCUT2D eigenvalue weighted by Crippen LogP contribution is 2.46. The van der Waals surface area contributed by atoms with E-state index in [4.69, 9.17) is 5.73 Å². The molecule has 0 aromatic carbocycles. The van der Waals surface area contributed by atoms with Crippen LogP contribution in [-0.4, -0.2) is 42.4 Å². The highest BCUT2D eigenvalue weighted by atomic mass is 15.4. The fourth-order valence-electron chi connectivity index (χ4n) is 3.52. The Kier molecular flexibility index (Phi) is 1.96. The summed E-state index contributed by atoms with van der Waals surface area (Å²) >= 11 is 0. The van der Waals surface area contributed by atoms with Gasteiger partial charge in [0, 0.05) is 24.3 Å². The molecule has 8 heteroatoms. The molecule has 0 spiro atoms. The second-order valence-electron chi connectivity index (χ2n) is 5.81. The molecule has 21 heavy (non-hydrogen) atoms. The van der Waals surface area contributed by atoms with Gasteiger partial charge in [-0.2, -0.15) is 14.6 Å². The Bertz CT molecular complexity index is 814. The van der Waals surface area contributed by atoms with Crippen LogP contribution in [0.25, 0.3) is 16.9 Å². The zero-order valence-corrected chi connectivity index (χ0v) is 11.3. The highest BCUT2D eigenvalue weighted by Gasteiger charge is 2.44. The molecule has 2 saturated heterocycles. The van der Waals surface area contributed by atoms with Gasteiger partial charge in [-0.25, -0.2) is 4.98 Å². The molecular formula is C13H14N8. The maximum atomic E-state index is 5.76. The van der Waals surface area contributed by atoms with Gasteiger partial charge in [-0.1, -0.05) is 0 Å². The number of hydrogen-bond acceptors (Lipinski definition) is 6. The third-order valence-electron chi connectivity index (χ3n) is 4.55. The molecule has 3 fully saturated rings. The maximum absolute atomic E-state index is 5.76. The Morgan fingerprint density at radius 1 is 1.33 bits per heavy atom. The second kappa shape index (κ2) is 3.72. The van der Waals surface area contributed by atoms with E-state index in [1.165, 1.54) is 12.8 Å². The number of nitrogens with zero attached hydrogens (tertiary/aromatic N) is 6. The van der Waals surface area contributed by atoms with E-state index in [1.807, 2.05) is 6.20 Å². The van der Waals surface area contributed by atoms with Crippen molar-refractivity contribution >= 4 is 17.3 Å².